The third-order valence-electron chi connectivity index (χ3n) is 2.49. The van der Waals surface area contributed by atoms with Crippen LogP contribution in [0.15, 0.2) is 26.9 Å². The summed E-state index contributed by atoms with van der Waals surface area (Å²) in [6.07, 6.45) is 0.773. The molecule has 0 amide bonds. The minimum absolute atomic E-state index is 0.161. The molecular weight excluding hydrogens is 238 g/mol. The Bertz CT molecular complexity index is 436. The number of nitrogens with zero attached hydrogens (tertiary/aromatic N) is 2. The number of nitrogens with two attached hydrogens (primary N) is 1. The fraction of sp³-hybridized carbons (Fsp3) is 0.455. The van der Waals surface area contributed by atoms with Gasteiger partial charge in [-0.2, -0.15) is 0 Å². The van der Waals surface area contributed by atoms with Gasteiger partial charge in [0.05, 0.1) is 11.3 Å². The van der Waals surface area contributed by atoms with E-state index in [2.05, 4.69) is 4.99 Å². The molecule has 0 saturated carbocycles. The minimum atomic E-state index is -1.00. The van der Waals surface area contributed by atoms with Gasteiger partial charge in [-0.1, -0.05) is 18.7 Å². The highest BCUT2D eigenvalue weighted by Crippen LogP contribution is 2.38. The Labute approximate surface area is 105 Å². The van der Waals surface area contributed by atoms with Crippen LogP contribution in [-0.2, 0) is 4.79 Å². The molecule has 1 aliphatic rings. The maximum atomic E-state index is 11.0. The highest BCUT2D eigenvalue weighted by atomic mass is 32.2. The first-order chi connectivity index (χ1) is 7.93. The lowest BCUT2D eigenvalue weighted by Crippen LogP contribution is -2.18. The van der Waals surface area contributed by atoms with E-state index in [1.54, 1.807) is 7.05 Å². The first-order valence-corrected chi connectivity index (χ1v) is 6.04. The maximum Gasteiger partial charge on any atom is 0.344 e. The van der Waals surface area contributed by atoms with Crippen LogP contribution in [-0.4, -0.2) is 42.2 Å². The van der Waals surface area contributed by atoms with Crippen molar-refractivity contribution in [1.82, 2.24) is 4.90 Å². The normalized spacial score (nSPS) is 21.1. The molecule has 0 bridgehead atoms. The molecule has 1 heterocycles. The molecule has 0 spiro atoms. The second-order valence-electron chi connectivity index (χ2n) is 3.75. The average molecular weight is 255 g/mol. The van der Waals surface area contributed by atoms with Gasteiger partial charge < -0.3 is 15.7 Å². The number of rotatable bonds is 3. The fourth-order valence-corrected chi connectivity index (χ4v) is 2.66. The van der Waals surface area contributed by atoms with Crippen LogP contribution in [0.5, 0.6) is 0 Å². The highest BCUT2D eigenvalue weighted by molar-refractivity contribution is 8.19. The Morgan fingerprint density at radius 2 is 2.12 bits per heavy atom. The molecule has 0 aromatic carbocycles. The molecule has 0 aromatic heterocycles. The Balaban J connectivity index is 3.43. The number of aliphatic carboxylic acids is 1. The molecule has 94 valence electrons. The summed E-state index contributed by atoms with van der Waals surface area (Å²) in [6, 6.07) is 0. The SMILES string of the molecule is CC/C(=C1\C(=NC)SC(C(=O)O)=C1N)N(C)C. The van der Waals surface area contributed by atoms with Crippen LogP contribution in [0.3, 0.4) is 0 Å². The Kier molecular flexibility index (Phi) is 4.22. The molecule has 17 heavy (non-hydrogen) atoms. The molecule has 0 unspecified atom stereocenters. The second-order valence-corrected chi connectivity index (χ2v) is 4.75. The molecule has 5 nitrogen and oxygen atoms in total. The lowest BCUT2D eigenvalue weighted by atomic mass is 10.1. The molecule has 0 fully saturated rings. The number of hydrogen-bond donors (Lipinski definition) is 2. The first kappa shape index (κ1) is 13.6. The summed E-state index contributed by atoms with van der Waals surface area (Å²) >= 11 is 1.12. The van der Waals surface area contributed by atoms with Crippen molar-refractivity contribution in [2.75, 3.05) is 21.1 Å². The molecule has 3 N–H and O–H groups in total. The third-order valence-corrected chi connectivity index (χ3v) is 3.67. The number of carboxylic acids is 1. The monoisotopic (exact) mass is 255 g/mol. The summed E-state index contributed by atoms with van der Waals surface area (Å²) < 4.78 is 0. The van der Waals surface area contributed by atoms with Gasteiger partial charge >= 0.3 is 5.97 Å². The summed E-state index contributed by atoms with van der Waals surface area (Å²) in [5, 5.41) is 9.73. The van der Waals surface area contributed by atoms with Gasteiger partial charge in [0.2, 0.25) is 0 Å². The molecule has 1 aliphatic heterocycles. The topological polar surface area (TPSA) is 78.9 Å². The molecule has 1 rings (SSSR count). The Morgan fingerprint density at radius 1 is 1.53 bits per heavy atom. The van der Waals surface area contributed by atoms with E-state index >= 15 is 0 Å². The summed E-state index contributed by atoms with van der Waals surface area (Å²) in [6.45, 7) is 2.01. The zero-order valence-corrected chi connectivity index (χ0v) is 11.3. The molecule has 0 saturated heterocycles. The van der Waals surface area contributed by atoms with Gasteiger partial charge in [-0.15, -0.1) is 0 Å². The summed E-state index contributed by atoms with van der Waals surface area (Å²) in [5.74, 6) is -1.00. The highest BCUT2D eigenvalue weighted by Gasteiger charge is 2.31. The standard InChI is InChI=1S/C11H17N3O2S/c1-5-6(14(3)4)7-8(12)9(11(15)16)17-10(7)13-2/h5,12H2,1-4H3,(H,15,16)/b7-6+,13-10?. The van der Waals surface area contributed by atoms with Gasteiger partial charge in [-0.3, -0.25) is 4.99 Å². The fourth-order valence-electron chi connectivity index (χ4n) is 1.74. The van der Waals surface area contributed by atoms with Gasteiger partial charge in [0.1, 0.15) is 9.95 Å². The number of allylic oxidation sites excluding steroid dienone is 2. The van der Waals surface area contributed by atoms with E-state index in [-0.39, 0.29) is 4.91 Å². The molecule has 0 radical (unpaired) electrons. The van der Waals surface area contributed by atoms with Gasteiger partial charge in [-0.25, -0.2) is 4.79 Å². The number of aliphatic imine (C=N–C) groups is 1. The molecule has 0 atom stereocenters. The van der Waals surface area contributed by atoms with Crippen LogP contribution in [0.25, 0.3) is 0 Å². The van der Waals surface area contributed by atoms with E-state index in [9.17, 15) is 4.79 Å². The zero-order chi connectivity index (χ0) is 13.2. The number of thioether (sulfide) groups is 1. The van der Waals surface area contributed by atoms with Crippen molar-refractivity contribution in [3.05, 3.63) is 21.9 Å². The van der Waals surface area contributed by atoms with E-state index in [4.69, 9.17) is 10.8 Å². The van der Waals surface area contributed by atoms with Crippen molar-refractivity contribution < 1.29 is 9.90 Å². The van der Waals surface area contributed by atoms with E-state index in [0.717, 1.165) is 29.5 Å². The largest absolute Gasteiger partial charge is 0.477 e. The quantitative estimate of drug-likeness (QED) is 0.793. The van der Waals surface area contributed by atoms with Crippen LogP contribution in [0.4, 0.5) is 0 Å². The van der Waals surface area contributed by atoms with Crippen molar-refractivity contribution in [2.45, 2.75) is 13.3 Å². The van der Waals surface area contributed by atoms with E-state index in [1.165, 1.54) is 0 Å². The summed E-state index contributed by atoms with van der Waals surface area (Å²) in [4.78, 5) is 17.3. The van der Waals surface area contributed by atoms with Crippen molar-refractivity contribution in [1.29, 1.82) is 0 Å². The van der Waals surface area contributed by atoms with Crippen molar-refractivity contribution in [3.8, 4) is 0 Å². The van der Waals surface area contributed by atoms with E-state index < -0.39 is 5.97 Å². The van der Waals surface area contributed by atoms with Gasteiger partial charge in [0.25, 0.3) is 0 Å². The van der Waals surface area contributed by atoms with E-state index in [0.29, 0.717) is 10.7 Å². The third kappa shape index (κ3) is 2.46. The minimum Gasteiger partial charge on any atom is -0.477 e. The van der Waals surface area contributed by atoms with Gasteiger partial charge in [-0.05, 0) is 6.42 Å². The lowest BCUT2D eigenvalue weighted by molar-refractivity contribution is -0.131. The van der Waals surface area contributed by atoms with Crippen molar-refractivity contribution in [2.24, 2.45) is 10.7 Å². The Hall–Kier alpha value is -1.43. The Morgan fingerprint density at radius 3 is 2.47 bits per heavy atom. The lowest BCUT2D eigenvalue weighted by Gasteiger charge is -2.19. The number of carbonyl (C=O) groups is 1. The molecule has 6 heteroatoms. The number of carboxylic acid groups (broad SMARTS) is 1. The van der Waals surface area contributed by atoms with Crippen LogP contribution in [0.1, 0.15) is 13.3 Å². The molecule has 0 aliphatic carbocycles. The van der Waals surface area contributed by atoms with Crippen molar-refractivity contribution >= 4 is 22.8 Å². The van der Waals surface area contributed by atoms with Crippen LogP contribution >= 0.6 is 11.8 Å². The predicted molar refractivity (Wildman–Crippen MR) is 70.8 cm³/mol. The van der Waals surface area contributed by atoms with Gasteiger partial charge in [0, 0.05) is 26.8 Å². The predicted octanol–water partition coefficient (Wildman–Crippen LogP) is 1.24. The summed E-state index contributed by atoms with van der Waals surface area (Å²) in [7, 11) is 5.47. The molecule has 0 aromatic rings. The zero-order valence-electron chi connectivity index (χ0n) is 10.4. The second kappa shape index (κ2) is 5.27. The van der Waals surface area contributed by atoms with Gasteiger partial charge in [0.15, 0.2) is 0 Å². The van der Waals surface area contributed by atoms with Crippen LogP contribution < -0.4 is 5.73 Å². The molecular formula is C11H17N3O2S. The van der Waals surface area contributed by atoms with Crippen molar-refractivity contribution in [3.63, 3.8) is 0 Å². The smallest absolute Gasteiger partial charge is 0.344 e. The number of hydrogen-bond acceptors (Lipinski definition) is 5. The van der Waals surface area contributed by atoms with Crippen LogP contribution in [0, 0.1) is 0 Å². The average Bonchev–Trinajstić information content (AvgIpc) is 2.57. The summed E-state index contributed by atoms with van der Waals surface area (Å²) in [5.41, 5.74) is 7.98. The first-order valence-electron chi connectivity index (χ1n) is 5.22. The maximum absolute atomic E-state index is 11.0. The van der Waals surface area contributed by atoms with Crippen LogP contribution in [0.2, 0.25) is 0 Å². The van der Waals surface area contributed by atoms with E-state index in [1.807, 2.05) is 25.9 Å².